The molecular weight excluding hydrogens is 446 g/mol. The van der Waals surface area contributed by atoms with Crippen molar-refractivity contribution in [3.8, 4) is 11.5 Å². The van der Waals surface area contributed by atoms with Crippen molar-refractivity contribution in [1.29, 1.82) is 0 Å². The van der Waals surface area contributed by atoms with Gasteiger partial charge in [0.2, 0.25) is 0 Å². The van der Waals surface area contributed by atoms with Gasteiger partial charge >= 0.3 is 0 Å². The van der Waals surface area contributed by atoms with E-state index in [2.05, 4.69) is 10.6 Å². The zero-order chi connectivity index (χ0) is 25.4. The lowest BCUT2D eigenvalue weighted by Crippen LogP contribution is -2.27. The summed E-state index contributed by atoms with van der Waals surface area (Å²) in [4.78, 5) is 38.5. The molecule has 8 nitrogen and oxygen atoms in total. The van der Waals surface area contributed by atoms with Crippen LogP contribution in [0.4, 0.5) is 5.69 Å². The Morgan fingerprint density at radius 1 is 0.857 bits per heavy atom. The average molecular weight is 476 g/mol. The van der Waals surface area contributed by atoms with Gasteiger partial charge < -0.3 is 25.0 Å². The van der Waals surface area contributed by atoms with Crippen LogP contribution in [0.15, 0.2) is 66.7 Å². The third kappa shape index (κ3) is 6.83. The van der Waals surface area contributed by atoms with Gasteiger partial charge in [0.05, 0.1) is 7.11 Å². The Hall–Kier alpha value is -4.33. The van der Waals surface area contributed by atoms with E-state index in [1.165, 1.54) is 12.0 Å². The molecule has 0 aliphatic rings. The highest BCUT2D eigenvalue weighted by Gasteiger charge is 2.13. The SMILES string of the molecule is COc1cc(CNC(=O)c2ccc(C)c(NC(=O)c3ccccc3)c2)ccc1OCC(=O)N(C)C. The third-order valence-corrected chi connectivity index (χ3v) is 5.31. The highest BCUT2D eigenvalue weighted by molar-refractivity contribution is 6.05. The van der Waals surface area contributed by atoms with E-state index in [1.807, 2.05) is 13.0 Å². The lowest BCUT2D eigenvalue weighted by molar-refractivity contribution is -0.130. The number of ether oxygens (including phenoxy) is 2. The van der Waals surface area contributed by atoms with Crippen LogP contribution >= 0.6 is 0 Å². The van der Waals surface area contributed by atoms with E-state index in [9.17, 15) is 14.4 Å². The number of benzene rings is 3. The summed E-state index contributed by atoms with van der Waals surface area (Å²) in [7, 11) is 4.82. The molecule has 3 aromatic carbocycles. The summed E-state index contributed by atoms with van der Waals surface area (Å²) in [5.41, 5.74) is 3.18. The summed E-state index contributed by atoms with van der Waals surface area (Å²) in [6.07, 6.45) is 0. The number of nitrogens with one attached hydrogen (secondary N) is 2. The number of nitrogens with zero attached hydrogens (tertiary/aromatic N) is 1. The predicted octanol–water partition coefficient (Wildman–Crippen LogP) is 3.65. The molecule has 3 amide bonds. The summed E-state index contributed by atoms with van der Waals surface area (Å²) < 4.78 is 10.9. The number of anilines is 1. The lowest BCUT2D eigenvalue weighted by Gasteiger charge is -2.15. The second-order valence-corrected chi connectivity index (χ2v) is 8.09. The first kappa shape index (κ1) is 25.3. The molecular formula is C27H29N3O5. The molecule has 8 heteroatoms. The maximum absolute atomic E-state index is 12.8. The first-order valence-corrected chi connectivity index (χ1v) is 11.0. The Balaban J connectivity index is 1.64. The number of carbonyl (C=O) groups excluding carboxylic acids is 3. The highest BCUT2D eigenvalue weighted by Crippen LogP contribution is 2.28. The Morgan fingerprint density at radius 2 is 1.60 bits per heavy atom. The molecule has 0 aliphatic carbocycles. The Kier molecular flexibility index (Phi) is 8.45. The second kappa shape index (κ2) is 11.7. The van der Waals surface area contributed by atoms with E-state index in [0.29, 0.717) is 28.3 Å². The second-order valence-electron chi connectivity index (χ2n) is 8.09. The van der Waals surface area contributed by atoms with Gasteiger partial charge in [0.1, 0.15) is 0 Å². The van der Waals surface area contributed by atoms with Crippen LogP contribution in [0.25, 0.3) is 0 Å². The standard InChI is InChI=1S/C27H29N3O5/c1-18-10-12-21(15-22(18)29-27(33)20-8-6-5-7-9-20)26(32)28-16-19-11-13-23(24(14-19)34-4)35-17-25(31)30(2)3/h5-15H,16-17H2,1-4H3,(H,28,32)(H,29,33). The molecule has 0 heterocycles. The Bertz CT molecular complexity index is 1210. The van der Waals surface area contributed by atoms with Crippen LogP contribution < -0.4 is 20.1 Å². The quantitative estimate of drug-likeness (QED) is 0.492. The van der Waals surface area contributed by atoms with Gasteiger partial charge in [-0.3, -0.25) is 14.4 Å². The fourth-order valence-corrected chi connectivity index (χ4v) is 3.18. The fourth-order valence-electron chi connectivity index (χ4n) is 3.18. The van der Waals surface area contributed by atoms with Crippen molar-refractivity contribution in [2.24, 2.45) is 0 Å². The van der Waals surface area contributed by atoms with Crippen LogP contribution in [-0.2, 0) is 11.3 Å². The topological polar surface area (TPSA) is 97.0 Å². The molecule has 35 heavy (non-hydrogen) atoms. The van der Waals surface area contributed by atoms with Crippen molar-refractivity contribution in [3.05, 3.63) is 89.0 Å². The summed E-state index contributed by atoms with van der Waals surface area (Å²) in [5.74, 6) is 0.213. The van der Waals surface area contributed by atoms with Crippen molar-refractivity contribution < 1.29 is 23.9 Å². The minimum absolute atomic E-state index is 0.101. The van der Waals surface area contributed by atoms with Gasteiger partial charge in [-0.05, 0) is 54.4 Å². The molecule has 0 bridgehead atoms. The highest BCUT2D eigenvalue weighted by atomic mass is 16.5. The van der Waals surface area contributed by atoms with Crippen molar-refractivity contribution >= 4 is 23.4 Å². The van der Waals surface area contributed by atoms with E-state index in [1.54, 1.807) is 74.8 Å². The van der Waals surface area contributed by atoms with Crippen LogP contribution in [0.1, 0.15) is 31.8 Å². The van der Waals surface area contributed by atoms with Gasteiger partial charge in [-0.2, -0.15) is 0 Å². The molecule has 3 rings (SSSR count). The minimum atomic E-state index is -0.281. The summed E-state index contributed by atoms with van der Waals surface area (Å²) in [5, 5.41) is 5.74. The molecule has 0 aliphatic heterocycles. The van der Waals surface area contributed by atoms with Crippen LogP contribution in [-0.4, -0.2) is 50.4 Å². The summed E-state index contributed by atoms with van der Waals surface area (Å²) >= 11 is 0. The van der Waals surface area contributed by atoms with Gasteiger partial charge in [-0.25, -0.2) is 0 Å². The fraction of sp³-hybridized carbons (Fsp3) is 0.222. The average Bonchev–Trinajstić information content (AvgIpc) is 2.87. The predicted molar refractivity (Wildman–Crippen MR) is 134 cm³/mol. The number of amides is 3. The molecule has 0 saturated carbocycles. The van der Waals surface area contributed by atoms with E-state index >= 15 is 0 Å². The molecule has 0 saturated heterocycles. The van der Waals surface area contributed by atoms with E-state index in [0.717, 1.165) is 11.1 Å². The van der Waals surface area contributed by atoms with Gasteiger partial charge in [0.25, 0.3) is 17.7 Å². The number of likely N-dealkylation sites (N-methyl/N-ethyl adjacent to an activating group) is 1. The zero-order valence-electron chi connectivity index (χ0n) is 20.3. The van der Waals surface area contributed by atoms with Gasteiger partial charge in [-0.1, -0.05) is 30.3 Å². The molecule has 0 fully saturated rings. The van der Waals surface area contributed by atoms with E-state index < -0.39 is 0 Å². The van der Waals surface area contributed by atoms with Crippen LogP contribution in [0.3, 0.4) is 0 Å². The summed E-state index contributed by atoms with van der Waals surface area (Å²) in [6, 6.07) is 19.3. The van der Waals surface area contributed by atoms with Gasteiger partial charge in [0.15, 0.2) is 18.1 Å². The molecule has 0 radical (unpaired) electrons. The molecule has 0 atom stereocenters. The van der Waals surface area contributed by atoms with Crippen LogP contribution in [0.2, 0.25) is 0 Å². The molecule has 182 valence electrons. The third-order valence-electron chi connectivity index (χ3n) is 5.31. The number of hydrogen-bond acceptors (Lipinski definition) is 5. The Morgan fingerprint density at radius 3 is 2.29 bits per heavy atom. The van der Waals surface area contributed by atoms with Crippen LogP contribution in [0, 0.1) is 6.92 Å². The van der Waals surface area contributed by atoms with Crippen molar-refractivity contribution in [2.45, 2.75) is 13.5 Å². The molecule has 0 unspecified atom stereocenters. The van der Waals surface area contributed by atoms with Crippen LogP contribution in [0.5, 0.6) is 11.5 Å². The Labute approximate surface area is 204 Å². The van der Waals surface area contributed by atoms with E-state index in [-0.39, 0.29) is 30.9 Å². The first-order valence-electron chi connectivity index (χ1n) is 11.0. The lowest BCUT2D eigenvalue weighted by atomic mass is 10.1. The first-order chi connectivity index (χ1) is 16.8. The number of aryl methyl sites for hydroxylation is 1. The summed E-state index contributed by atoms with van der Waals surface area (Å²) in [6.45, 7) is 2.02. The van der Waals surface area contributed by atoms with Crippen molar-refractivity contribution in [1.82, 2.24) is 10.2 Å². The molecule has 3 aromatic rings. The molecule has 0 aromatic heterocycles. The van der Waals surface area contributed by atoms with Crippen molar-refractivity contribution in [2.75, 3.05) is 33.1 Å². The smallest absolute Gasteiger partial charge is 0.259 e. The zero-order valence-corrected chi connectivity index (χ0v) is 20.3. The number of rotatable bonds is 9. The number of methoxy groups -OCH3 is 1. The molecule has 0 spiro atoms. The minimum Gasteiger partial charge on any atom is -0.493 e. The number of carbonyl (C=O) groups is 3. The largest absolute Gasteiger partial charge is 0.493 e. The monoisotopic (exact) mass is 475 g/mol. The van der Waals surface area contributed by atoms with Crippen molar-refractivity contribution in [3.63, 3.8) is 0 Å². The normalized spacial score (nSPS) is 10.3. The van der Waals surface area contributed by atoms with Gasteiger partial charge in [0, 0.05) is 37.5 Å². The van der Waals surface area contributed by atoms with E-state index in [4.69, 9.17) is 9.47 Å². The van der Waals surface area contributed by atoms with Gasteiger partial charge in [-0.15, -0.1) is 0 Å². The molecule has 2 N–H and O–H groups in total. The number of hydrogen-bond donors (Lipinski definition) is 2. The maximum atomic E-state index is 12.8. The maximum Gasteiger partial charge on any atom is 0.259 e.